The molecule has 33 heavy (non-hydrogen) atoms. The molecular weight excluding hydrogens is 482 g/mol. The molecule has 0 fully saturated rings. The van der Waals surface area contributed by atoms with Crippen LogP contribution >= 0.6 is 15.9 Å². The van der Waals surface area contributed by atoms with Crippen molar-refractivity contribution in [3.8, 4) is 22.8 Å². The van der Waals surface area contributed by atoms with Gasteiger partial charge in [0.2, 0.25) is 0 Å². The summed E-state index contributed by atoms with van der Waals surface area (Å²) in [6.45, 7) is 2.56. The summed E-state index contributed by atoms with van der Waals surface area (Å²) in [6, 6.07) is 23.0. The van der Waals surface area contributed by atoms with Crippen molar-refractivity contribution in [2.45, 2.75) is 13.0 Å². The van der Waals surface area contributed by atoms with Gasteiger partial charge in [0, 0.05) is 21.3 Å². The molecule has 0 aliphatic carbocycles. The van der Waals surface area contributed by atoms with Crippen LogP contribution in [0.2, 0.25) is 0 Å². The maximum atomic E-state index is 13.6. The molecule has 1 amide bonds. The van der Waals surface area contributed by atoms with E-state index in [0.29, 0.717) is 12.3 Å². The van der Waals surface area contributed by atoms with E-state index < -0.39 is 0 Å². The van der Waals surface area contributed by atoms with E-state index in [0.717, 1.165) is 44.0 Å². The molecule has 1 aromatic heterocycles. The minimum absolute atomic E-state index is 0.113. The average Bonchev–Trinajstić information content (AvgIpc) is 3.39. The number of H-pyrrole nitrogens is 1. The Morgan fingerprint density at radius 2 is 1.64 bits per heavy atom. The molecule has 4 aromatic rings. The average molecular weight is 504 g/mol. The second-order valence-electron chi connectivity index (χ2n) is 7.65. The Morgan fingerprint density at radius 3 is 2.27 bits per heavy atom. The lowest BCUT2D eigenvalue weighted by Crippen LogP contribution is -2.29. The number of amides is 1. The molecular formula is C26H22BrN3O3. The first-order chi connectivity index (χ1) is 16.1. The Morgan fingerprint density at radius 1 is 0.970 bits per heavy atom. The number of nitrogens with zero attached hydrogens (tertiary/aromatic N) is 2. The number of aromatic nitrogens is 2. The number of rotatable bonds is 6. The summed E-state index contributed by atoms with van der Waals surface area (Å²) < 4.78 is 11.9. The summed E-state index contributed by atoms with van der Waals surface area (Å²) in [7, 11) is 1.64. The summed E-state index contributed by atoms with van der Waals surface area (Å²) in [5, 5.41) is 7.54. The molecule has 1 aliphatic rings. The first-order valence-electron chi connectivity index (χ1n) is 10.6. The molecule has 1 aliphatic heterocycles. The first kappa shape index (κ1) is 21.3. The third-order valence-corrected chi connectivity index (χ3v) is 6.27. The number of anilines is 1. The molecule has 0 unspecified atom stereocenters. The van der Waals surface area contributed by atoms with Gasteiger partial charge in [-0.3, -0.25) is 14.8 Å². The molecule has 5 rings (SSSR count). The molecule has 166 valence electrons. The molecule has 3 aromatic carbocycles. The van der Waals surface area contributed by atoms with E-state index in [9.17, 15) is 4.79 Å². The summed E-state index contributed by atoms with van der Waals surface area (Å²) >= 11 is 3.48. The van der Waals surface area contributed by atoms with Gasteiger partial charge in [0.15, 0.2) is 0 Å². The largest absolute Gasteiger partial charge is 0.497 e. The number of methoxy groups -OCH3 is 1. The third-order valence-electron chi connectivity index (χ3n) is 5.74. The van der Waals surface area contributed by atoms with Crippen LogP contribution in [0.25, 0.3) is 11.3 Å². The number of halogens is 1. The fraction of sp³-hybridized carbons (Fsp3) is 0.154. The minimum Gasteiger partial charge on any atom is -0.497 e. The van der Waals surface area contributed by atoms with E-state index >= 15 is 0 Å². The van der Waals surface area contributed by atoms with Crippen LogP contribution in [-0.2, 0) is 0 Å². The van der Waals surface area contributed by atoms with Gasteiger partial charge in [0.25, 0.3) is 5.91 Å². The predicted molar refractivity (Wildman–Crippen MR) is 131 cm³/mol. The van der Waals surface area contributed by atoms with Gasteiger partial charge in [-0.2, -0.15) is 5.10 Å². The second kappa shape index (κ2) is 8.75. The van der Waals surface area contributed by atoms with E-state index in [-0.39, 0.29) is 11.9 Å². The normalized spacial score (nSPS) is 14.9. The third kappa shape index (κ3) is 3.78. The number of aromatic amines is 1. The minimum atomic E-state index is -0.333. The Balaban J connectivity index is 1.65. The van der Waals surface area contributed by atoms with E-state index in [1.807, 2.05) is 84.6 Å². The van der Waals surface area contributed by atoms with Crippen molar-refractivity contribution in [1.82, 2.24) is 10.2 Å². The standard InChI is InChI=1S/C26H22BrN3O3/c1-3-33-21-14-4-16(5-15-21)23-22-24(29-28-23)26(31)30(19-10-8-18(27)9-11-19)25(22)17-6-12-20(32-2)13-7-17/h4-15,25H,3H2,1-2H3,(H,28,29)/t25-/m0/s1. The zero-order valence-corrected chi connectivity index (χ0v) is 19.8. The molecule has 6 nitrogen and oxygen atoms in total. The molecule has 1 N–H and O–H groups in total. The number of fused-ring (bicyclic) bond motifs is 1. The van der Waals surface area contributed by atoms with Gasteiger partial charge in [0.1, 0.15) is 17.2 Å². The van der Waals surface area contributed by atoms with Gasteiger partial charge in [-0.05, 0) is 73.2 Å². The maximum Gasteiger partial charge on any atom is 0.277 e. The lowest BCUT2D eigenvalue weighted by molar-refractivity contribution is 0.0989. The maximum absolute atomic E-state index is 13.6. The van der Waals surface area contributed by atoms with Gasteiger partial charge < -0.3 is 9.47 Å². The Hall–Kier alpha value is -3.58. The van der Waals surface area contributed by atoms with Crippen molar-refractivity contribution < 1.29 is 14.3 Å². The lowest BCUT2D eigenvalue weighted by Gasteiger charge is -2.26. The molecule has 0 spiro atoms. The highest BCUT2D eigenvalue weighted by Crippen LogP contribution is 2.45. The van der Waals surface area contributed by atoms with Crippen molar-refractivity contribution >= 4 is 27.5 Å². The number of ether oxygens (including phenoxy) is 2. The van der Waals surface area contributed by atoms with Crippen LogP contribution in [0.1, 0.15) is 34.6 Å². The number of carbonyl (C=O) groups excluding carboxylic acids is 1. The zero-order chi connectivity index (χ0) is 22.9. The molecule has 0 saturated heterocycles. The van der Waals surface area contributed by atoms with E-state index in [4.69, 9.17) is 9.47 Å². The highest BCUT2D eigenvalue weighted by atomic mass is 79.9. The van der Waals surface area contributed by atoms with Crippen molar-refractivity contribution in [3.63, 3.8) is 0 Å². The Labute approximate surface area is 200 Å². The quantitative estimate of drug-likeness (QED) is 0.350. The summed E-state index contributed by atoms with van der Waals surface area (Å²) in [5.74, 6) is 1.45. The SMILES string of the molecule is CCOc1ccc(-c2n[nH]c3c2[C@H](c2ccc(OC)cc2)N(c2ccc(Br)cc2)C3=O)cc1. The van der Waals surface area contributed by atoms with Crippen LogP contribution in [0, 0.1) is 0 Å². The highest BCUT2D eigenvalue weighted by molar-refractivity contribution is 9.10. The molecule has 1 atom stereocenters. The monoisotopic (exact) mass is 503 g/mol. The zero-order valence-electron chi connectivity index (χ0n) is 18.2. The van der Waals surface area contributed by atoms with Crippen LogP contribution in [0.5, 0.6) is 11.5 Å². The molecule has 0 radical (unpaired) electrons. The smallest absolute Gasteiger partial charge is 0.277 e. The Kier molecular flexibility index (Phi) is 5.64. The topological polar surface area (TPSA) is 67.5 Å². The summed E-state index contributed by atoms with van der Waals surface area (Å²) in [6.07, 6.45) is 0. The molecule has 7 heteroatoms. The van der Waals surface area contributed by atoms with Crippen molar-refractivity contribution in [3.05, 3.63) is 94.1 Å². The second-order valence-corrected chi connectivity index (χ2v) is 8.56. The van der Waals surface area contributed by atoms with Crippen LogP contribution < -0.4 is 14.4 Å². The van der Waals surface area contributed by atoms with Crippen LogP contribution in [-0.4, -0.2) is 29.8 Å². The number of benzene rings is 3. The number of carbonyl (C=O) groups is 1. The van der Waals surface area contributed by atoms with Crippen molar-refractivity contribution in [1.29, 1.82) is 0 Å². The molecule has 0 saturated carbocycles. The van der Waals surface area contributed by atoms with E-state index in [1.165, 1.54) is 0 Å². The van der Waals surface area contributed by atoms with Crippen LogP contribution in [0.4, 0.5) is 5.69 Å². The predicted octanol–water partition coefficient (Wildman–Crippen LogP) is 6.00. The van der Waals surface area contributed by atoms with Crippen LogP contribution in [0.3, 0.4) is 0 Å². The fourth-order valence-corrected chi connectivity index (χ4v) is 4.48. The van der Waals surface area contributed by atoms with Gasteiger partial charge in [0.05, 0.1) is 25.5 Å². The number of nitrogens with one attached hydrogen (secondary N) is 1. The van der Waals surface area contributed by atoms with Gasteiger partial charge in [-0.15, -0.1) is 0 Å². The van der Waals surface area contributed by atoms with Crippen LogP contribution in [0.15, 0.2) is 77.3 Å². The lowest BCUT2D eigenvalue weighted by atomic mass is 9.95. The van der Waals surface area contributed by atoms with E-state index in [2.05, 4.69) is 26.1 Å². The summed E-state index contributed by atoms with van der Waals surface area (Å²) in [4.78, 5) is 15.4. The van der Waals surface area contributed by atoms with Gasteiger partial charge in [-0.25, -0.2) is 0 Å². The highest BCUT2D eigenvalue weighted by Gasteiger charge is 2.43. The van der Waals surface area contributed by atoms with Gasteiger partial charge in [-0.1, -0.05) is 28.1 Å². The fourth-order valence-electron chi connectivity index (χ4n) is 4.21. The molecule has 2 heterocycles. The number of hydrogen-bond acceptors (Lipinski definition) is 4. The van der Waals surface area contributed by atoms with Crippen molar-refractivity contribution in [2.24, 2.45) is 0 Å². The van der Waals surface area contributed by atoms with Gasteiger partial charge >= 0.3 is 0 Å². The van der Waals surface area contributed by atoms with E-state index in [1.54, 1.807) is 7.11 Å². The Bertz CT molecular complexity index is 1280. The van der Waals surface area contributed by atoms with Crippen molar-refractivity contribution in [2.75, 3.05) is 18.6 Å². The first-order valence-corrected chi connectivity index (χ1v) is 11.4. The number of hydrogen-bond donors (Lipinski definition) is 1. The summed E-state index contributed by atoms with van der Waals surface area (Å²) in [5.41, 5.74) is 4.81. The molecule has 0 bridgehead atoms.